The Hall–Kier alpha value is -1.68. The monoisotopic (exact) mass is 218 g/mol. The summed E-state index contributed by atoms with van der Waals surface area (Å²) in [6.45, 7) is 0.622. The third-order valence-electron chi connectivity index (χ3n) is 2.20. The Kier molecular flexibility index (Phi) is 2.78. The number of imidazole rings is 1. The lowest BCUT2D eigenvalue weighted by molar-refractivity contribution is 0.111. The van der Waals surface area contributed by atoms with Gasteiger partial charge in [0.2, 0.25) is 0 Å². The highest BCUT2D eigenvalue weighted by molar-refractivity contribution is 7.71. The number of aromatic amines is 1. The van der Waals surface area contributed by atoms with Crippen LogP contribution in [0.3, 0.4) is 0 Å². The molecule has 2 aromatic rings. The first-order chi connectivity index (χ1) is 7.31. The van der Waals surface area contributed by atoms with E-state index < -0.39 is 0 Å². The fourth-order valence-electron chi connectivity index (χ4n) is 1.44. The Morgan fingerprint density at radius 3 is 2.73 bits per heavy atom. The van der Waals surface area contributed by atoms with Gasteiger partial charge in [-0.15, -0.1) is 0 Å². The van der Waals surface area contributed by atoms with Crippen molar-refractivity contribution in [1.29, 1.82) is 0 Å². The number of hydrogen-bond acceptors (Lipinski definition) is 2. The van der Waals surface area contributed by atoms with Crippen molar-refractivity contribution < 1.29 is 4.79 Å². The minimum absolute atomic E-state index is 0.570. The Bertz CT molecular complexity index is 513. The van der Waals surface area contributed by atoms with E-state index in [0.717, 1.165) is 11.8 Å². The number of H-pyrrole nitrogens is 1. The van der Waals surface area contributed by atoms with Gasteiger partial charge in [-0.3, -0.25) is 4.79 Å². The third-order valence-corrected chi connectivity index (χ3v) is 2.54. The zero-order valence-electron chi connectivity index (χ0n) is 8.01. The Morgan fingerprint density at radius 1 is 1.33 bits per heavy atom. The van der Waals surface area contributed by atoms with Gasteiger partial charge in [-0.1, -0.05) is 30.3 Å². The van der Waals surface area contributed by atoms with Gasteiger partial charge in [-0.25, -0.2) is 0 Å². The lowest BCUT2D eigenvalue weighted by Gasteiger charge is -2.03. The normalized spacial score (nSPS) is 10.1. The van der Waals surface area contributed by atoms with Gasteiger partial charge in [0.25, 0.3) is 0 Å². The van der Waals surface area contributed by atoms with Crippen LogP contribution in [0.25, 0.3) is 0 Å². The van der Waals surface area contributed by atoms with E-state index in [1.165, 1.54) is 0 Å². The summed E-state index contributed by atoms with van der Waals surface area (Å²) in [5, 5.41) is 0. The summed E-state index contributed by atoms with van der Waals surface area (Å²) in [4.78, 5) is 13.6. The van der Waals surface area contributed by atoms with Crippen LogP contribution >= 0.6 is 12.2 Å². The Morgan fingerprint density at radius 2 is 2.07 bits per heavy atom. The molecule has 4 heteroatoms. The minimum atomic E-state index is 0.570. The van der Waals surface area contributed by atoms with E-state index in [4.69, 9.17) is 12.2 Å². The Balaban J connectivity index is 2.36. The molecule has 0 unspecified atom stereocenters. The third kappa shape index (κ3) is 2.05. The number of aromatic nitrogens is 2. The summed E-state index contributed by atoms with van der Waals surface area (Å²) in [7, 11) is 0. The maximum absolute atomic E-state index is 10.7. The van der Waals surface area contributed by atoms with Gasteiger partial charge < -0.3 is 9.55 Å². The molecule has 0 saturated carbocycles. The van der Waals surface area contributed by atoms with E-state index in [1.54, 1.807) is 10.8 Å². The van der Waals surface area contributed by atoms with E-state index in [2.05, 4.69) is 4.98 Å². The molecule has 1 heterocycles. The maximum atomic E-state index is 10.7. The van der Waals surface area contributed by atoms with Crippen LogP contribution in [0, 0.1) is 4.77 Å². The van der Waals surface area contributed by atoms with Crippen molar-refractivity contribution in [3.8, 4) is 0 Å². The second kappa shape index (κ2) is 4.23. The van der Waals surface area contributed by atoms with Crippen molar-refractivity contribution in [2.75, 3.05) is 0 Å². The van der Waals surface area contributed by atoms with Crippen LogP contribution in [0.2, 0.25) is 0 Å². The molecule has 1 aromatic heterocycles. The first kappa shape index (κ1) is 9.86. The van der Waals surface area contributed by atoms with Crippen LogP contribution in [0.1, 0.15) is 16.1 Å². The van der Waals surface area contributed by atoms with Gasteiger partial charge in [0.05, 0.1) is 12.2 Å². The standard InChI is InChI=1S/C11H10N2OS/c14-8-10-6-12-11(15)13(10)7-9-4-2-1-3-5-9/h1-6,8H,7H2,(H,12,15). The van der Waals surface area contributed by atoms with Crippen molar-refractivity contribution in [1.82, 2.24) is 9.55 Å². The number of benzene rings is 1. The number of carbonyl (C=O) groups excluding carboxylic acids is 1. The summed E-state index contributed by atoms with van der Waals surface area (Å²) in [5.41, 5.74) is 1.69. The molecule has 15 heavy (non-hydrogen) atoms. The molecule has 0 amide bonds. The van der Waals surface area contributed by atoms with Crippen LogP contribution in [-0.2, 0) is 6.54 Å². The largest absolute Gasteiger partial charge is 0.337 e. The topological polar surface area (TPSA) is 37.8 Å². The summed E-state index contributed by atoms with van der Waals surface area (Å²) in [6, 6.07) is 9.89. The second-order valence-corrected chi connectivity index (χ2v) is 3.59. The van der Waals surface area contributed by atoms with Gasteiger partial charge >= 0.3 is 0 Å². The number of carbonyl (C=O) groups is 1. The van der Waals surface area contributed by atoms with Crippen molar-refractivity contribution >= 4 is 18.5 Å². The van der Waals surface area contributed by atoms with Crippen LogP contribution in [0.5, 0.6) is 0 Å². The van der Waals surface area contributed by atoms with Crippen LogP contribution in [-0.4, -0.2) is 15.8 Å². The zero-order valence-corrected chi connectivity index (χ0v) is 8.83. The van der Waals surface area contributed by atoms with E-state index >= 15 is 0 Å². The Labute approximate surface area is 92.4 Å². The number of rotatable bonds is 3. The van der Waals surface area contributed by atoms with Crippen molar-refractivity contribution in [2.45, 2.75) is 6.54 Å². The molecule has 0 spiro atoms. The van der Waals surface area contributed by atoms with Crippen molar-refractivity contribution in [2.24, 2.45) is 0 Å². The molecule has 1 N–H and O–H groups in total. The second-order valence-electron chi connectivity index (χ2n) is 3.21. The van der Waals surface area contributed by atoms with E-state index in [-0.39, 0.29) is 0 Å². The predicted octanol–water partition coefficient (Wildman–Crippen LogP) is 2.41. The SMILES string of the molecule is O=Cc1c[nH]c(=S)n1Cc1ccccc1. The summed E-state index contributed by atoms with van der Waals surface area (Å²) in [5.74, 6) is 0. The molecule has 0 aliphatic rings. The predicted molar refractivity (Wildman–Crippen MR) is 60.5 cm³/mol. The quantitative estimate of drug-likeness (QED) is 0.634. The number of aldehydes is 1. The molecular formula is C11H10N2OS. The average molecular weight is 218 g/mol. The highest BCUT2D eigenvalue weighted by Gasteiger charge is 2.02. The fourth-order valence-corrected chi connectivity index (χ4v) is 1.66. The van der Waals surface area contributed by atoms with E-state index in [1.807, 2.05) is 30.3 Å². The lowest BCUT2D eigenvalue weighted by atomic mass is 10.2. The molecule has 2 rings (SSSR count). The molecular weight excluding hydrogens is 208 g/mol. The molecule has 0 fully saturated rings. The summed E-state index contributed by atoms with van der Waals surface area (Å²) in [6.07, 6.45) is 2.42. The molecule has 0 saturated heterocycles. The highest BCUT2D eigenvalue weighted by Crippen LogP contribution is 2.05. The molecule has 76 valence electrons. The minimum Gasteiger partial charge on any atom is -0.337 e. The van der Waals surface area contributed by atoms with Crippen molar-refractivity contribution in [3.63, 3.8) is 0 Å². The first-order valence-corrected chi connectivity index (χ1v) is 4.99. The van der Waals surface area contributed by atoms with Gasteiger partial charge in [-0.2, -0.15) is 0 Å². The molecule has 0 radical (unpaired) electrons. The van der Waals surface area contributed by atoms with Crippen molar-refractivity contribution in [3.05, 3.63) is 52.6 Å². The fraction of sp³-hybridized carbons (Fsp3) is 0.0909. The average Bonchev–Trinajstić information content (AvgIpc) is 2.62. The van der Waals surface area contributed by atoms with Gasteiger partial charge in [0, 0.05) is 6.20 Å². The van der Waals surface area contributed by atoms with Gasteiger partial charge in [0.1, 0.15) is 0 Å². The van der Waals surface area contributed by atoms with E-state index in [9.17, 15) is 4.79 Å². The highest BCUT2D eigenvalue weighted by atomic mass is 32.1. The maximum Gasteiger partial charge on any atom is 0.178 e. The van der Waals surface area contributed by atoms with Gasteiger partial charge in [0.15, 0.2) is 11.1 Å². The summed E-state index contributed by atoms with van der Waals surface area (Å²) >= 11 is 5.09. The molecule has 1 aromatic carbocycles. The van der Waals surface area contributed by atoms with E-state index in [0.29, 0.717) is 17.0 Å². The molecule has 0 aliphatic heterocycles. The van der Waals surface area contributed by atoms with Gasteiger partial charge in [-0.05, 0) is 17.8 Å². The number of hydrogen-bond donors (Lipinski definition) is 1. The molecule has 0 atom stereocenters. The smallest absolute Gasteiger partial charge is 0.178 e. The first-order valence-electron chi connectivity index (χ1n) is 4.58. The summed E-state index contributed by atoms with van der Waals surface area (Å²) < 4.78 is 2.35. The van der Waals surface area contributed by atoms with Crippen LogP contribution < -0.4 is 0 Å². The molecule has 0 aliphatic carbocycles. The molecule has 3 nitrogen and oxygen atoms in total. The molecule has 0 bridgehead atoms. The number of nitrogens with one attached hydrogen (secondary N) is 1. The zero-order chi connectivity index (χ0) is 10.7. The number of nitrogens with zero attached hydrogens (tertiary/aromatic N) is 1. The van der Waals surface area contributed by atoms with Crippen LogP contribution in [0.15, 0.2) is 36.5 Å². The van der Waals surface area contributed by atoms with Crippen LogP contribution in [0.4, 0.5) is 0 Å². The lowest BCUT2D eigenvalue weighted by Crippen LogP contribution is -2.03.